The van der Waals surface area contributed by atoms with Gasteiger partial charge in [-0.25, -0.2) is 8.42 Å². The number of benzene rings is 2. The lowest BCUT2D eigenvalue weighted by atomic mass is 10.1. The second-order valence-electron chi connectivity index (χ2n) is 6.32. The van der Waals surface area contributed by atoms with Crippen molar-refractivity contribution in [3.63, 3.8) is 0 Å². The van der Waals surface area contributed by atoms with E-state index < -0.39 is 9.84 Å². The van der Waals surface area contributed by atoms with E-state index in [1.807, 2.05) is 25.1 Å². The molecule has 0 unspecified atom stereocenters. The fraction of sp³-hybridized carbons (Fsp3) is 0.316. The molecule has 5 nitrogen and oxygen atoms in total. The van der Waals surface area contributed by atoms with Crippen molar-refractivity contribution < 1.29 is 13.2 Å². The summed E-state index contributed by atoms with van der Waals surface area (Å²) >= 11 is 0. The highest BCUT2D eigenvalue weighted by Crippen LogP contribution is 2.19. The summed E-state index contributed by atoms with van der Waals surface area (Å²) < 4.78 is 25.4. The molecule has 1 saturated heterocycles. The molecule has 1 heterocycles. The Kier molecular flexibility index (Phi) is 5.20. The summed E-state index contributed by atoms with van der Waals surface area (Å²) in [5.41, 5.74) is 1.15. The van der Waals surface area contributed by atoms with Crippen LogP contribution in [0.4, 0.5) is 0 Å². The summed E-state index contributed by atoms with van der Waals surface area (Å²) in [5, 5.41) is 3.24. The van der Waals surface area contributed by atoms with Crippen molar-refractivity contribution in [2.24, 2.45) is 0 Å². The Hall–Kier alpha value is -2.18. The number of carbonyl (C=O) groups excluding carboxylic acids is 1. The van der Waals surface area contributed by atoms with Gasteiger partial charge in [-0.1, -0.05) is 36.4 Å². The molecule has 1 fully saturated rings. The largest absolute Gasteiger partial charge is 0.333 e. The van der Waals surface area contributed by atoms with Gasteiger partial charge in [-0.2, -0.15) is 0 Å². The fourth-order valence-electron chi connectivity index (χ4n) is 3.01. The smallest absolute Gasteiger partial charge is 0.254 e. The number of hydrogen-bond donors (Lipinski definition) is 1. The van der Waals surface area contributed by atoms with Crippen molar-refractivity contribution in [3.8, 4) is 0 Å². The van der Waals surface area contributed by atoms with Gasteiger partial charge in [0.2, 0.25) is 0 Å². The zero-order valence-corrected chi connectivity index (χ0v) is 15.0. The Balaban J connectivity index is 1.84. The van der Waals surface area contributed by atoms with Crippen molar-refractivity contribution in [3.05, 3.63) is 65.7 Å². The van der Waals surface area contributed by atoms with Gasteiger partial charge >= 0.3 is 0 Å². The fourth-order valence-corrected chi connectivity index (χ4v) is 4.40. The Labute approximate surface area is 148 Å². The number of carbonyl (C=O) groups is 1. The van der Waals surface area contributed by atoms with Crippen molar-refractivity contribution in [1.82, 2.24) is 10.2 Å². The van der Waals surface area contributed by atoms with Crippen molar-refractivity contribution in [1.29, 1.82) is 0 Å². The molecule has 0 spiro atoms. The van der Waals surface area contributed by atoms with Crippen LogP contribution in [0.3, 0.4) is 0 Å². The van der Waals surface area contributed by atoms with Gasteiger partial charge < -0.3 is 10.2 Å². The molecule has 1 aliphatic rings. The third-order valence-electron chi connectivity index (χ3n) is 4.40. The van der Waals surface area contributed by atoms with Crippen LogP contribution in [0.15, 0.2) is 59.5 Å². The van der Waals surface area contributed by atoms with E-state index in [9.17, 15) is 13.2 Å². The van der Waals surface area contributed by atoms with Crippen LogP contribution in [0.5, 0.6) is 0 Å². The van der Waals surface area contributed by atoms with Gasteiger partial charge in [0.25, 0.3) is 5.91 Å². The van der Waals surface area contributed by atoms with Crippen LogP contribution >= 0.6 is 0 Å². The summed E-state index contributed by atoms with van der Waals surface area (Å²) in [6, 6.07) is 15.5. The van der Waals surface area contributed by atoms with E-state index in [-0.39, 0.29) is 22.6 Å². The Morgan fingerprint density at radius 3 is 2.64 bits per heavy atom. The van der Waals surface area contributed by atoms with E-state index in [4.69, 9.17) is 0 Å². The molecule has 25 heavy (non-hydrogen) atoms. The molecule has 2 aromatic carbocycles. The lowest BCUT2D eigenvalue weighted by Gasteiger charge is -2.34. The average molecular weight is 358 g/mol. The van der Waals surface area contributed by atoms with Gasteiger partial charge in [0.15, 0.2) is 9.84 Å². The first-order valence-corrected chi connectivity index (χ1v) is 10.0. The number of amides is 1. The van der Waals surface area contributed by atoms with Crippen molar-refractivity contribution in [2.45, 2.75) is 23.6 Å². The molecule has 1 amide bonds. The second-order valence-corrected chi connectivity index (χ2v) is 8.31. The Morgan fingerprint density at radius 1 is 1.16 bits per heavy atom. The van der Waals surface area contributed by atoms with E-state index >= 15 is 0 Å². The molecule has 0 aromatic heterocycles. The monoisotopic (exact) mass is 358 g/mol. The summed E-state index contributed by atoms with van der Waals surface area (Å²) in [5.74, 6) is -0.194. The molecule has 6 heteroatoms. The first-order chi connectivity index (χ1) is 12.0. The standard InChI is InChI=1S/C19H22N2O3S/c1-15-13-20-10-11-21(15)19(22)17-8-5-9-18(12-17)25(23,24)14-16-6-3-2-4-7-16/h2-9,12,15,20H,10-11,13-14H2,1H3/t15-/m1/s1. The maximum absolute atomic E-state index is 12.8. The van der Waals surface area contributed by atoms with E-state index in [2.05, 4.69) is 5.32 Å². The molecule has 2 aromatic rings. The number of piperazine rings is 1. The topological polar surface area (TPSA) is 66.5 Å². The number of sulfone groups is 1. The maximum Gasteiger partial charge on any atom is 0.254 e. The number of nitrogens with one attached hydrogen (secondary N) is 1. The molecular weight excluding hydrogens is 336 g/mol. The van der Waals surface area contributed by atoms with Gasteiger partial charge in [0, 0.05) is 31.2 Å². The van der Waals surface area contributed by atoms with Crippen LogP contribution in [-0.2, 0) is 15.6 Å². The van der Waals surface area contributed by atoms with Gasteiger partial charge in [0.05, 0.1) is 10.6 Å². The lowest BCUT2D eigenvalue weighted by Crippen LogP contribution is -2.52. The zero-order chi connectivity index (χ0) is 17.9. The van der Waals surface area contributed by atoms with Crippen LogP contribution in [0.1, 0.15) is 22.8 Å². The van der Waals surface area contributed by atoms with Gasteiger partial charge in [-0.15, -0.1) is 0 Å². The Morgan fingerprint density at radius 2 is 1.92 bits per heavy atom. The Bertz CT molecular complexity index is 850. The van der Waals surface area contributed by atoms with Crippen LogP contribution < -0.4 is 5.32 Å². The SMILES string of the molecule is C[C@@H]1CNCCN1C(=O)c1cccc(S(=O)(=O)Cc2ccccc2)c1. The summed E-state index contributed by atoms with van der Waals surface area (Å²) in [6.07, 6.45) is 0. The third kappa shape index (κ3) is 4.08. The first-order valence-electron chi connectivity index (χ1n) is 8.36. The van der Waals surface area contributed by atoms with Crippen molar-refractivity contribution in [2.75, 3.05) is 19.6 Å². The minimum atomic E-state index is -3.50. The number of hydrogen-bond acceptors (Lipinski definition) is 4. The molecule has 1 N–H and O–H groups in total. The van der Waals surface area contributed by atoms with Crippen LogP contribution in [-0.4, -0.2) is 44.9 Å². The highest BCUT2D eigenvalue weighted by molar-refractivity contribution is 7.90. The van der Waals surface area contributed by atoms with Gasteiger partial charge in [0.1, 0.15) is 0 Å². The van der Waals surface area contributed by atoms with E-state index in [1.165, 1.54) is 6.07 Å². The summed E-state index contributed by atoms with van der Waals surface area (Å²) in [6.45, 7) is 4.11. The average Bonchev–Trinajstić information content (AvgIpc) is 2.62. The molecule has 3 rings (SSSR count). The molecule has 0 bridgehead atoms. The third-order valence-corrected chi connectivity index (χ3v) is 6.09. The number of nitrogens with zero attached hydrogens (tertiary/aromatic N) is 1. The normalized spacial score (nSPS) is 18.1. The molecular formula is C19H22N2O3S. The quantitative estimate of drug-likeness (QED) is 0.909. The lowest BCUT2D eigenvalue weighted by molar-refractivity contribution is 0.0655. The van der Waals surface area contributed by atoms with Gasteiger partial charge in [-0.05, 0) is 30.7 Å². The minimum absolute atomic E-state index is 0.0739. The summed E-state index contributed by atoms with van der Waals surface area (Å²) in [7, 11) is -3.50. The van der Waals surface area contributed by atoms with Crippen LogP contribution in [0, 0.1) is 0 Å². The highest BCUT2D eigenvalue weighted by atomic mass is 32.2. The van der Waals surface area contributed by atoms with Gasteiger partial charge in [-0.3, -0.25) is 4.79 Å². The first kappa shape index (κ1) is 17.6. The molecule has 0 aliphatic carbocycles. The molecule has 132 valence electrons. The highest BCUT2D eigenvalue weighted by Gasteiger charge is 2.25. The molecule has 0 radical (unpaired) electrons. The second kappa shape index (κ2) is 7.37. The minimum Gasteiger partial charge on any atom is -0.333 e. The zero-order valence-electron chi connectivity index (χ0n) is 14.2. The predicted molar refractivity (Wildman–Crippen MR) is 97.1 cm³/mol. The van der Waals surface area contributed by atoms with E-state index in [0.29, 0.717) is 12.1 Å². The van der Waals surface area contributed by atoms with Crippen LogP contribution in [0.2, 0.25) is 0 Å². The van der Waals surface area contributed by atoms with E-state index in [1.54, 1.807) is 35.2 Å². The summed E-state index contributed by atoms with van der Waals surface area (Å²) in [4.78, 5) is 14.7. The molecule has 1 aliphatic heterocycles. The molecule has 1 atom stereocenters. The number of rotatable bonds is 4. The predicted octanol–water partition coefficient (Wildman–Crippen LogP) is 2.09. The van der Waals surface area contributed by atoms with E-state index in [0.717, 1.165) is 18.7 Å². The van der Waals surface area contributed by atoms with Crippen LogP contribution in [0.25, 0.3) is 0 Å². The van der Waals surface area contributed by atoms with Crippen molar-refractivity contribution >= 4 is 15.7 Å². The maximum atomic E-state index is 12.8. The molecule has 0 saturated carbocycles.